The van der Waals surface area contributed by atoms with Gasteiger partial charge in [0.15, 0.2) is 5.82 Å². The third-order valence-electron chi connectivity index (χ3n) is 5.50. The smallest absolute Gasteiger partial charge is 0.268 e. The fourth-order valence-electron chi connectivity index (χ4n) is 3.89. The minimum Gasteiger partial charge on any atom is -0.348 e. The first-order valence-corrected chi connectivity index (χ1v) is 11.8. The summed E-state index contributed by atoms with van der Waals surface area (Å²) >= 11 is 1.63. The molecule has 2 N–H and O–H groups in total. The van der Waals surface area contributed by atoms with E-state index in [4.69, 9.17) is 4.98 Å². The molecule has 0 atom stereocenters. The minimum atomic E-state index is -0.122. The average Bonchev–Trinajstić information content (AvgIpc) is 3.53. The maximum atomic E-state index is 12.8. The van der Waals surface area contributed by atoms with E-state index >= 15 is 0 Å². The maximum absolute atomic E-state index is 12.8. The van der Waals surface area contributed by atoms with Crippen LogP contribution in [0.25, 0.3) is 10.9 Å². The van der Waals surface area contributed by atoms with Crippen LogP contribution < -0.4 is 10.2 Å². The topological polar surface area (TPSA) is 61.0 Å². The summed E-state index contributed by atoms with van der Waals surface area (Å²) < 4.78 is 0. The summed E-state index contributed by atoms with van der Waals surface area (Å²) in [5.74, 6) is 0.709. The van der Waals surface area contributed by atoms with Crippen LogP contribution in [-0.4, -0.2) is 15.9 Å². The standard InChI is InChI=1S/C27H24N4OS/c32-27(29-17-23-12-7-15-33-23)24-16-22-13-14-28-26(25(22)30-24)31(18-20-8-3-1-4-9-20)19-21-10-5-2-6-11-21/h1-16,30H,17-19H2,(H,29,32). The third kappa shape index (κ3) is 4.96. The molecule has 0 aliphatic rings. The van der Waals surface area contributed by atoms with Gasteiger partial charge in [-0.25, -0.2) is 4.98 Å². The van der Waals surface area contributed by atoms with Crippen LogP contribution in [0, 0.1) is 0 Å². The summed E-state index contributed by atoms with van der Waals surface area (Å²) in [6.07, 6.45) is 1.81. The van der Waals surface area contributed by atoms with Crippen molar-refractivity contribution in [1.29, 1.82) is 0 Å². The Balaban J connectivity index is 1.46. The largest absolute Gasteiger partial charge is 0.348 e. The molecular weight excluding hydrogens is 428 g/mol. The summed E-state index contributed by atoms with van der Waals surface area (Å²) in [5, 5.41) is 5.97. The molecule has 3 aromatic heterocycles. The molecule has 6 heteroatoms. The molecule has 0 radical (unpaired) electrons. The molecular formula is C27H24N4OS. The number of amides is 1. The first-order chi connectivity index (χ1) is 16.3. The lowest BCUT2D eigenvalue weighted by atomic mass is 10.1. The van der Waals surface area contributed by atoms with Crippen LogP contribution in [0.3, 0.4) is 0 Å². The number of hydrogen-bond donors (Lipinski definition) is 2. The lowest BCUT2D eigenvalue weighted by molar-refractivity contribution is 0.0947. The van der Waals surface area contributed by atoms with E-state index in [9.17, 15) is 4.79 Å². The van der Waals surface area contributed by atoms with Gasteiger partial charge in [0.2, 0.25) is 0 Å². The number of carbonyl (C=O) groups is 1. The number of anilines is 1. The first-order valence-electron chi connectivity index (χ1n) is 10.9. The summed E-state index contributed by atoms with van der Waals surface area (Å²) in [4.78, 5) is 24.2. The fraction of sp³-hybridized carbons (Fsp3) is 0.111. The molecule has 33 heavy (non-hydrogen) atoms. The summed E-state index contributed by atoms with van der Waals surface area (Å²) in [6.45, 7) is 1.94. The molecule has 3 heterocycles. The zero-order valence-corrected chi connectivity index (χ0v) is 18.9. The number of H-pyrrole nitrogens is 1. The Morgan fingerprint density at radius 3 is 2.24 bits per heavy atom. The minimum absolute atomic E-state index is 0.122. The Labute approximate surface area is 196 Å². The predicted molar refractivity (Wildman–Crippen MR) is 134 cm³/mol. The molecule has 5 nitrogen and oxygen atoms in total. The summed E-state index contributed by atoms with van der Waals surface area (Å²) in [7, 11) is 0. The van der Waals surface area contributed by atoms with Gasteiger partial charge in [-0.3, -0.25) is 4.79 Å². The van der Waals surface area contributed by atoms with Gasteiger partial charge < -0.3 is 15.2 Å². The van der Waals surface area contributed by atoms with E-state index in [1.165, 1.54) is 11.1 Å². The monoisotopic (exact) mass is 452 g/mol. The van der Waals surface area contributed by atoms with Gasteiger partial charge in [-0.05, 0) is 34.7 Å². The van der Waals surface area contributed by atoms with Crippen molar-refractivity contribution < 1.29 is 4.79 Å². The van der Waals surface area contributed by atoms with Gasteiger partial charge in [0, 0.05) is 29.5 Å². The number of aromatic amines is 1. The molecule has 0 bridgehead atoms. The quantitative estimate of drug-likeness (QED) is 0.315. The van der Waals surface area contributed by atoms with Gasteiger partial charge in [-0.15, -0.1) is 11.3 Å². The van der Waals surface area contributed by atoms with Crippen molar-refractivity contribution in [2.75, 3.05) is 4.90 Å². The van der Waals surface area contributed by atoms with Crippen LogP contribution in [0.1, 0.15) is 26.5 Å². The lowest BCUT2D eigenvalue weighted by Gasteiger charge is -2.24. The molecule has 0 unspecified atom stereocenters. The third-order valence-corrected chi connectivity index (χ3v) is 6.38. The van der Waals surface area contributed by atoms with Crippen molar-refractivity contribution in [3.8, 4) is 0 Å². The first kappa shape index (κ1) is 21.0. The molecule has 0 aliphatic carbocycles. The number of thiophene rings is 1. The maximum Gasteiger partial charge on any atom is 0.268 e. The van der Waals surface area contributed by atoms with Crippen molar-refractivity contribution in [3.05, 3.63) is 118 Å². The van der Waals surface area contributed by atoms with Gasteiger partial charge in [-0.2, -0.15) is 0 Å². The number of nitrogens with one attached hydrogen (secondary N) is 2. The predicted octanol–water partition coefficient (Wildman–Crippen LogP) is 5.76. The molecule has 0 saturated carbocycles. The van der Waals surface area contributed by atoms with E-state index in [1.807, 2.05) is 48.0 Å². The molecule has 2 aromatic carbocycles. The second kappa shape index (κ2) is 9.71. The average molecular weight is 453 g/mol. The number of rotatable bonds is 8. The van der Waals surface area contributed by atoms with Crippen LogP contribution in [0.5, 0.6) is 0 Å². The molecule has 5 aromatic rings. The zero-order valence-electron chi connectivity index (χ0n) is 18.1. The van der Waals surface area contributed by atoms with Crippen molar-refractivity contribution in [1.82, 2.24) is 15.3 Å². The number of hydrogen-bond acceptors (Lipinski definition) is 4. The highest BCUT2D eigenvalue weighted by molar-refractivity contribution is 7.09. The number of carbonyl (C=O) groups excluding carboxylic acids is 1. The normalized spacial score (nSPS) is 10.9. The Kier molecular flexibility index (Phi) is 6.17. The second-order valence-corrected chi connectivity index (χ2v) is 8.90. The van der Waals surface area contributed by atoms with E-state index in [2.05, 4.69) is 63.7 Å². The van der Waals surface area contributed by atoms with Gasteiger partial charge in [-0.1, -0.05) is 66.7 Å². The molecule has 0 spiro atoms. The van der Waals surface area contributed by atoms with Gasteiger partial charge in [0.1, 0.15) is 5.69 Å². The summed E-state index contributed by atoms with van der Waals surface area (Å²) in [6, 6.07) is 28.6. The number of pyridine rings is 1. The van der Waals surface area contributed by atoms with Gasteiger partial charge >= 0.3 is 0 Å². The van der Waals surface area contributed by atoms with Crippen molar-refractivity contribution in [2.24, 2.45) is 0 Å². The molecule has 164 valence electrons. The number of nitrogens with zero attached hydrogens (tertiary/aromatic N) is 2. The van der Waals surface area contributed by atoms with Crippen molar-refractivity contribution in [3.63, 3.8) is 0 Å². The number of aromatic nitrogens is 2. The zero-order chi connectivity index (χ0) is 22.5. The van der Waals surface area contributed by atoms with Crippen molar-refractivity contribution in [2.45, 2.75) is 19.6 Å². The van der Waals surface area contributed by atoms with E-state index in [0.29, 0.717) is 25.3 Å². The SMILES string of the molecule is O=C(NCc1cccs1)c1cc2ccnc(N(Cc3ccccc3)Cc3ccccc3)c2[nH]1. The Hall–Kier alpha value is -3.90. The number of benzene rings is 2. The van der Waals surface area contributed by atoms with Crippen molar-refractivity contribution >= 4 is 34.0 Å². The van der Waals surface area contributed by atoms with E-state index in [1.54, 1.807) is 11.3 Å². The highest BCUT2D eigenvalue weighted by atomic mass is 32.1. The lowest BCUT2D eigenvalue weighted by Crippen LogP contribution is -2.24. The molecule has 0 fully saturated rings. The second-order valence-electron chi connectivity index (χ2n) is 7.87. The van der Waals surface area contributed by atoms with Crippen LogP contribution in [0.4, 0.5) is 5.82 Å². The van der Waals surface area contributed by atoms with E-state index in [-0.39, 0.29) is 5.91 Å². The molecule has 0 saturated heterocycles. The van der Waals surface area contributed by atoms with E-state index in [0.717, 1.165) is 21.6 Å². The fourth-order valence-corrected chi connectivity index (χ4v) is 4.54. The highest BCUT2D eigenvalue weighted by Gasteiger charge is 2.17. The highest BCUT2D eigenvalue weighted by Crippen LogP contribution is 2.27. The van der Waals surface area contributed by atoms with Crippen LogP contribution in [-0.2, 0) is 19.6 Å². The summed E-state index contributed by atoms with van der Waals surface area (Å²) in [5.41, 5.74) is 3.81. The van der Waals surface area contributed by atoms with Gasteiger partial charge in [0.25, 0.3) is 5.91 Å². The van der Waals surface area contributed by atoms with Gasteiger partial charge in [0.05, 0.1) is 12.1 Å². The van der Waals surface area contributed by atoms with Crippen LogP contribution in [0.2, 0.25) is 0 Å². The van der Waals surface area contributed by atoms with Crippen LogP contribution >= 0.6 is 11.3 Å². The molecule has 5 rings (SSSR count). The molecule has 1 amide bonds. The molecule has 0 aliphatic heterocycles. The van der Waals surface area contributed by atoms with E-state index < -0.39 is 0 Å². The van der Waals surface area contributed by atoms with Crippen LogP contribution in [0.15, 0.2) is 96.5 Å². The Morgan fingerprint density at radius 1 is 0.909 bits per heavy atom. The number of fused-ring (bicyclic) bond motifs is 1. The Morgan fingerprint density at radius 2 is 1.61 bits per heavy atom. The Bertz CT molecular complexity index is 1290.